The molecule has 18 heavy (non-hydrogen) atoms. The third kappa shape index (κ3) is 3.87. The van der Waals surface area contributed by atoms with E-state index in [-0.39, 0.29) is 0 Å². The van der Waals surface area contributed by atoms with Crippen molar-refractivity contribution in [3.8, 4) is 16.9 Å². The van der Waals surface area contributed by atoms with Crippen LogP contribution in [0.3, 0.4) is 0 Å². The summed E-state index contributed by atoms with van der Waals surface area (Å²) in [5.74, 6) is 4.90. The van der Waals surface area contributed by atoms with Gasteiger partial charge in [0.1, 0.15) is 5.75 Å². The van der Waals surface area contributed by atoms with Gasteiger partial charge in [-0.2, -0.15) is 0 Å². The Hall–Kier alpha value is -1.85. The maximum absolute atomic E-state index is 5.10. The molecular formula is C16H14OS. The highest BCUT2D eigenvalue weighted by Crippen LogP contribution is 2.12. The van der Waals surface area contributed by atoms with Crippen LogP contribution in [0.5, 0.6) is 5.75 Å². The first kappa shape index (κ1) is 12.6. The zero-order valence-corrected chi connectivity index (χ0v) is 11.0. The highest BCUT2D eigenvalue weighted by Gasteiger charge is 1.91. The van der Waals surface area contributed by atoms with E-state index in [9.17, 15) is 0 Å². The summed E-state index contributed by atoms with van der Waals surface area (Å²) < 4.78 is 5.10. The molecule has 0 amide bonds. The molecule has 0 heterocycles. The zero-order valence-electron chi connectivity index (χ0n) is 10.2. The molecule has 0 saturated heterocycles. The normalized spacial score (nSPS) is 9.39. The average Bonchev–Trinajstić information content (AvgIpc) is 2.45. The smallest absolute Gasteiger partial charge is 0.118 e. The Bertz CT molecular complexity index is 535. The Labute approximate surface area is 112 Å². The zero-order chi connectivity index (χ0) is 12.6. The second-order valence-corrected chi connectivity index (χ2v) is 4.51. The molecule has 0 atom stereocenters. The molecule has 0 radical (unpaired) electrons. The summed E-state index contributed by atoms with van der Waals surface area (Å²) in [5, 5.41) is 3.11. The van der Waals surface area contributed by atoms with Crippen molar-refractivity contribution in [3.05, 3.63) is 65.7 Å². The average molecular weight is 254 g/mol. The first-order valence-electron chi connectivity index (χ1n) is 5.69. The molecule has 0 unspecified atom stereocenters. The summed E-state index contributed by atoms with van der Waals surface area (Å²) in [5.41, 5.74) is 2.31. The first-order valence-corrected chi connectivity index (χ1v) is 6.68. The summed E-state index contributed by atoms with van der Waals surface area (Å²) in [6, 6.07) is 18.1. The fourth-order valence-corrected chi connectivity index (χ4v) is 2.08. The van der Waals surface area contributed by atoms with Crippen LogP contribution in [0.1, 0.15) is 11.1 Å². The third-order valence-corrected chi connectivity index (χ3v) is 3.16. The van der Waals surface area contributed by atoms with Crippen molar-refractivity contribution in [2.24, 2.45) is 0 Å². The van der Waals surface area contributed by atoms with Crippen LogP contribution in [0.15, 0.2) is 54.6 Å². The van der Waals surface area contributed by atoms with E-state index in [1.54, 1.807) is 18.9 Å². The molecular weight excluding hydrogens is 240 g/mol. The van der Waals surface area contributed by atoms with Crippen molar-refractivity contribution in [1.29, 1.82) is 0 Å². The lowest BCUT2D eigenvalue weighted by atomic mass is 10.2. The molecule has 2 aromatic carbocycles. The van der Waals surface area contributed by atoms with E-state index < -0.39 is 0 Å². The molecule has 0 bridgehead atoms. The van der Waals surface area contributed by atoms with Crippen molar-refractivity contribution in [1.82, 2.24) is 0 Å². The standard InChI is InChI=1S/C16H14OS/c1-17-16-9-7-14(8-10-16)11-12-18-13-15-5-3-2-4-6-15/h2-10H,13H2,1H3. The lowest BCUT2D eigenvalue weighted by Gasteiger charge is -1.97. The molecule has 1 nitrogen and oxygen atoms in total. The quantitative estimate of drug-likeness (QED) is 0.767. The van der Waals surface area contributed by atoms with E-state index in [0.717, 1.165) is 17.1 Å². The topological polar surface area (TPSA) is 9.23 Å². The van der Waals surface area contributed by atoms with E-state index in [4.69, 9.17) is 4.74 Å². The van der Waals surface area contributed by atoms with Crippen LogP contribution in [0.4, 0.5) is 0 Å². The number of ether oxygens (including phenoxy) is 1. The van der Waals surface area contributed by atoms with Crippen molar-refractivity contribution < 1.29 is 4.74 Å². The Morgan fingerprint density at radius 2 is 1.72 bits per heavy atom. The summed E-state index contributed by atoms with van der Waals surface area (Å²) in [4.78, 5) is 0. The van der Waals surface area contributed by atoms with Gasteiger partial charge in [0.2, 0.25) is 0 Å². The Kier molecular flexibility index (Phi) is 4.75. The number of thioether (sulfide) groups is 1. The van der Waals surface area contributed by atoms with Gasteiger partial charge >= 0.3 is 0 Å². The van der Waals surface area contributed by atoms with Crippen LogP contribution in [0.2, 0.25) is 0 Å². The lowest BCUT2D eigenvalue weighted by Crippen LogP contribution is -1.81. The van der Waals surface area contributed by atoms with E-state index in [1.807, 2.05) is 42.5 Å². The summed E-state index contributed by atoms with van der Waals surface area (Å²) in [6.45, 7) is 0. The largest absolute Gasteiger partial charge is 0.497 e. The number of benzene rings is 2. The molecule has 0 saturated carbocycles. The lowest BCUT2D eigenvalue weighted by molar-refractivity contribution is 0.415. The van der Waals surface area contributed by atoms with Crippen molar-refractivity contribution in [2.75, 3.05) is 7.11 Å². The van der Waals surface area contributed by atoms with E-state index in [1.165, 1.54) is 5.56 Å². The summed E-state index contributed by atoms with van der Waals surface area (Å²) >= 11 is 1.62. The highest BCUT2D eigenvalue weighted by atomic mass is 32.2. The van der Waals surface area contributed by atoms with Crippen LogP contribution in [0, 0.1) is 11.2 Å². The fourth-order valence-electron chi connectivity index (χ4n) is 1.46. The predicted octanol–water partition coefficient (Wildman–Crippen LogP) is 3.94. The summed E-state index contributed by atoms with van der Waals surface area (Å²) in [7, 11) is 1.66. The van der Waals surface area contributed by atoms with E-state index in [0.29, 0.717) is 0 Å². The molecule has 2 aromatic rings. The number of methoxy groups -OCH3 is 1. The minimum absolute atomic E-state index is 0.859. The molecule has 0 aliphatic heterocycles. The van der Waals surface area contributed by atoms with Crippen molar-refractivity contribution in [2.45, 2.75) is 5.75 Å². The third-order valence-electron chi connectivity index (χ3n) is 2.44. The Balaban J connectivity index is 1.88. The van der Waals surface area contributed by atoms with Crippen molar-refractivity contribution in [3.63, 3.8) is 0 Å². The maximum Gasteiger partial charge on any atom is 0.118 e. The van der Waals surface area contributed by atoms with Gasteiger partial charge in [-0.25, -0.2) is 0 Å². The van der Waals surface area contributed by atoms with Gasteiger partial charge in [0, 0.05) is 11.3 Å². The van der Waals surface area contributed by atoms with E-state index in [2.05, 4.69) is 23.3 Å². The van der Waals surface area contributed by atoms with Gasteiger partial charge in [0.25, 0.3) is 0 Å². The second-order valence-electron chi connectivity index (χ2n) is 3.73. The van der Waals surface area contributed by atoms with Gasteiger partial charge in [-0.15, -0.1) is 0 Å². The van der Waals surface area contributed by atoms with Gasteiger partial charge in [0.15, 0.2) is 0 Å². The molecule has 2 heteroatoms. The van der Waals surface area contributed by atoms with Crippen LogP contribution in [0.25, 0.3) is 0 Å². The molecule has 0 N–H and O–H groups in total. The molecule has 90 valence electrons. The predicted molar refractivity (Wildman–Crippen MR) is 77.6 cm³/mol. The fraction of sp³-hybridized carbons (Fsp3) is 0.125. The SMILES string of the molecule is COc1ccc(C#CSCc2ccccc2)cc1. The summed E-state index contributed by atoms with van der Waals surface area (Å²) in [6.07, 6.45) is 0. The van der Waals surface area contributed by atoms with Gasteiger partial charge in [-0.1, -0.05) is 48.0 Å². The molecule has 0 aliphatic carbocycles. The molecule has 0 fully saturated rings. The first-order chi connectivity index (χ1) is 8.88. The van der Waals surface area contributed by atoms with E-state index >= 15 is 0 Å². The molecule has 2 rings (SSSR count). The second kappa shape index (κ2) is 6.78. The molecule has 0 aromatic heterocycles. The minimum atomic E-state index is 0.859. The van der Waals surface area contributed by atoms with Crippen LogP contribution in [-0.2, 0) is 5.75 Å². The highest BCUT2D eigenvalue weighted by molar-refractivity contribution is 8.03. The van der Waals surface area contributed by atoms with Crippen LogP contribution in [-0.4, -0.2) is 7.11 Å². The van der Waals surface area contributed by atoms with Gasteiger partial charge in [-0.05, 0) is 35.1 Å². The Morgan fingerprint density at radius 3 is 2.39 bits per heavy atom. The maximum atomic E-state index is 5.10. The number of hydrogen-bond acceptors (Lipinski definition) is 2. The monoisotopic (exact) mass is 254 g/mol. The number of rotatable bonds is 3. The molecule has 0 spiro atoms. The van der Waals surface area contributed by atoms with Gasteiger partial charge in [-0.3, -0.25) is 0 Å². The van der Waals surface area contributed by atoms with Crippen LogP contribution < -0.4 is 4.74 Å². The van der Waals surface area contributed by atoms with Crippen LogP contribution >= 0.6 is 11.8 Å². The Morgan fingerprint density at radius 1 is 1.00 bits per heavy atom. The number of hydrogen-bond donors (Lipinski definition) is 0. The van der Waals surface area contributed by atoms with Gasteiger partial charge < -0.3 is 4.74 Å². The van der Waals surface area contributed by atoms with Gasteiger partial charge in [0.05, 0.1) is 7.11 Å². The minimum Gasteiger partial charge on any atom is -0.497 e. The van der Waals surface area contributed by atoms with Crippen molar-refractivity contribution >= 4 is 11.8 Å². The molecule has 0 aliphatic rings.